The summed E-state index contributed by atoms with van der Waals surface area (Å²) in [6, 6.07) is 54.5. The van der Waals surface area contributed by atoms with Crippen LogP contribution < -0.4 is 15.1 Å². The Morgan fingerprint density at radius 1 is 0.623 bits per heavy atom. The van der Waals surface area contributed by atoms with Crippen molar-refractivity contribution in [3.05, 3.63) is 181 Å². The fourth-order valence-corrected chi connectivity index (χ4v) is 7.46. The largest absolute Gasteiger partial charge is 0.358 e. The molecule has 0 atom stereocenters. The number of hydrogen-bond donors (Lipinski definition) is 1. The maximum Gasteiger partial charge on any atom is 0.269 e. The van der Waals surface area contributed by atoms with Crippen LogP contribution in [0.4, 0.5) is 28.4 Å². The van der Waals surface area contributed by atoms with Gasteiger partial charge in [0.15, 0.2) is 0 Å². The summed E-state index contributed by atoms with van der Waals surface area (Å²) in [6.45, 7) is 10.6. The van der Waals surface area contributed by atoms with E-state index < -0.39 is 0 Å². The molecule has 0 saturated heterocycles. The van der Waals surface area contributed by atoms with Crippen LogP contribution in [0.15, 0.2) is 140 Å². The molecule has 0 aliphatic carbocycles. The second-order valence-electron chi connectivity index (χ2n) is 13.2. The van der Waals surface area contributed by atoms with Gasteiger partial charge in [-0.05, 0) is 102 Å². The summed E-state index contributed by atoms with van der Waals surface area (Å²) in [7, 11) is 1.92. The number of pyridine rings is 1. The van der Waals surface area contributed by atoms with Crippen LogP contribution in [0, 0.1) is 46.5 Å². The van der Waals surface area contributed by atoms with Gasteiger partial charge in [-0.25, -0.2) is 4.98 Å². The van der Waals surface area contributed by atoms with Gasteiger partial charge in [0.25, 0.3) is 6.67 Å². The molecule has 0 radical (unpaired) electrons. The molecule has 264 valence electrons. The van der Waals surface area contributed by atoms with Crippen molar-refractivity contribution in [1.29, 1.82) is 0 Å². The van der Waals surface area contributed by atoms with Crippen LogP contribution in [0.1, 0.15) is 22.3 Å². The molecule has 53 heavy (non-hydrogen) atoms. The van der Waals surface area contributed by atoms with Crippen LogP contribution in [0.2, 0.25) is 0 Å². The summed E-state index contributed by atoms with van der Waals surface area (Å²) in [5, 5.41) is 5.50. The molecule has 2 aromatic heterocycles. The number of nitrogens with one attached hydrogen (secondary N) is 1. The minimum atomic E-state index is 0. The normalized spacial score (nSPS) is 11.0. The standard InChI is InChI=1S/C47H40N5.Pt/c1-32-14-11-15-33(2)46(32)36-26-27-49-45(28-36)52-43-23-10-9-22-41(43)42-25-24-40(30-44(42)52)51(47-34(3)16-12-17-35(47)4)39-21-13-20-38(29-39)50(31-48-5)37-18-7-6-8-19-37;/h6-28,31,48H,1-5H3;/q-1;. The summed E-state index contributed by atoms with van der Waals surface area (Å²) >= 11 is 0. The van der Waals surface area contributed by atoms with Gasteiger partial charge in [0, 0.05) is 45.5 Å². The van der Waals surface area contributed by atoms with Crippen molar-refractivity contribution in [2.45, 2.75) is 27.7 Å². The van der Waals surface area contributed by atoms with Gasteiger partial charge in [-0.1, -0.05) is 89.7 Å². The molecule has 1 N–H and O–H groups in total. The van der Waals surface area contributed by atoms with Gasteiger partial charge in [-0.2, -0.15) is 17.0 Å². The number of aromatic nitrogens is 2. The maximum atomic E-state index is 4.97. The summed E-state index contributed by atoms with van der Waals surface area (Å²) in [5.74, 6) is 0.855. The van der Waals surface area contributed by atoms with E-state index in [4.69, 9.17) is 4.98 Å². The number of nitrogens with zero attached hydrogens (tertiary/aromatic N) is 4. The zero-order valence-corrected chi connectivity index (χ0v) is 32.7. The minimum absolute atomic E-state index is 0. The third-order valence-corrected chi connectivity index (χ3v) is 9.77. The summed E-state index contributed by atoms with van der Waals surface area (Å²) in [6.07, 6.45) is 1.92. The van der Waals surface area contributed by atoms with Gasteiger partial charge in [-0.3, -0.25) is 0 Å². The van der Waals surface area contributed by atoms with E-state index in [0.29, 0.717) is 0 Å². The van der Waals surface area contributed by atoms with Crippen LogP contribution >= 0.6 is 0 Å². The Balaban J connectivity index is 0.00000435. The molecular weight excluding hydrogens is 830 g/mol. The van der Waals surface area contributed by atoms with E-state index in [1.165, 1.54) is 16.7 Å². The Hall–Kier alpha value is -5.61. The molecule has 0 aliphatic rings. The molecule has 5 nitrogen and oxygen atoms in total. The SMILES string of the molecule is CN[CH+]N(c1[c-]c(N(c2[c-]c3c(cc2)c2ccccc2n3-c2cc(-c3c(C)cccc3C)ccn2)c2c(C)cccc2C)ccc1)c1ccccc1.[Pt]. The zero-order chi connectivity index (χ0) is 35.8. The first-order valence-corrected chi connectivity index (χ1v) is 17.6. The summed E-state index contributed by atoms with van der Waals surface area (Å²) in [4.78, 5) is 9.38. The molecule has 0 amide bonds. The van der Waals surface area contributed by atoms with E-state index in [-0.39, 0.29) is 21.1 Å². The van der Waals surface area contributed by atoms with Crippen LogP contribution in [-0.4, -0.2) is 16.6 Å². The van der Waals surface area contributed by atoms with Gasteiger partial charge in [-0.15, -0.1) is 41.0 Å². The Morgan fingerprint density at radius 2 is 1.26 bits per heavy atom. The van der Waals surface area contributed by atoms with Gasteiger partial charge in [0.1, 0.15) is 5.82 Å². The van der Waals surface area contributed by atoms with Crippen molar-refractivity contribution >= 4 is 50.2 Å². The van der Waals surface area contributed by atoms with Crippen LogP contribution in [0.5, 0.6) is 0 Å². The summed E-state index contributed by atoms with van der Waals surface area (Å²) in [5.41, 5.74) is 14.1. The first-order valence-electron chi connectivity index (χ1n) is 17.6. The van der Waals surface area contributed by atoms with Crippen molar-refractivity contribution in [2.24, 2.45) is 0 Å². The Kier molecular flexibility index (Phi) is 10.2. The molecule has 0 fully saturated rings. The van der Waals surface area contributed by atoms with Crippen LogP contribution in [0.3, 0.4) is 0 Å². The van der Waals surface area contributed by atoms with Gasteiger partial charge >= 0.3 is 0 Å². The molecule has 8 rings (SSSR count). The second kappa shape index (κ2) is 15.2. The number of aryl methyl sites for hydroxylation is 4. The topological polar surface area (TPSA) is 36.3 Å². The predicted molar refractivity (Wildman–Crippen MR) is 217 cm³/mol. The molecule has 6 aromatic carbocycles. The zero-order valence-electron chi connectivity index (χ0n) is 30.5. The van der Waals surface area contributed by atoms with Gasteiger partial charge in [0.2, 0.25) is 0 Å². The molecular formula is C47H40N5Pt-. The fraction of sp³-hybridized carbons (Fsp3) is 0.106. The number of anilines is 5. The van der Waals surface area contributed by atoms with E-state index in [0.717, 1.165) is 72.8 Å². The van der Waals surface area contributed by atoms with Crippen molar-refractivity contribution in [1.82, 2.24) is 14.9 Å². The van der Waals surface area contributed by atoms with Crippen LogP contribution in [0.25, 0.3) is 38.8 Å². The molecule has 6 heteroatoms. The quantitative estimate of drug-likeness (QED) is 0.147. The van der Waals surface area contributed by atoms with Crippen molar-refractivity contribution in [3.8, 4) is 16.9 Å². The van der Waals surface area contributed by atoms with Gasteiger partial charge < -0.3 is 9.47 Å². The van der Waals surface area contributed by atoms with Crippen molar-refractivity contribution in [2.75, 3.05) is 16.8 Å². The minimum Gasteiger partial charge on any atom is -0.358 e. The Labute approximate surface area is 326 Å². The van der Waals surface area contributed by atoms with Crippen molar-refractivity contribution < 1.29 is 21.1 Å². The predicted octanol–water partition coefficient (Wildman–Crippen LogP) is 11.6. The van der Waals surface area contributed by atoms with E-state index >= 15 is 0 Å². The molecule has 0 aliphatic heterocycles. The maximum absolute atomic E-state index is 4.97. The number of rotatable bonds is 9. The average Bonchev–Trinajstić information content (AvgIpc) is 3.49. The van der Waals surface area contributed by atoms with E-state index in [2.05, 4.69) is 187 Å². The molecule has 0 spiro atoms. The van der Waals surface area contributed by atoms with E-state index in [9.17, 15) is 0 Å². The molecule has 0 bridgehead atoms. The first-order chi connectivity index (χ1) is 25.4. The Morgan fingerprint density at radius 3 is 2.00 bits per heavy atom. The number of fused-ring (bicyclic) bond motifs is 3. The van der Waals surface area contributed by atoms with Crippen molar-refractivity contribution in [3.63, 3.8) is 0 Å². The fourth-order valence-electron chi connectivity index (χ4n) is 7.46. The number of hydrogen-bond acceptors (Lipinski definition) is 4. The Bertz CT molecular complexity index is 2520. The molecule has 0 saturated carbocycles. The first kappa shape index (κ1) is 35.8. The second-order valence-corrected chi connectivity index (χ2v) is 13.2. The third-order valence-electron chi connectivity index (χ3n) is 9.77. The molecule has 0 unspecified atom stereocenters. The average molecular weight is 870 g/mol. The monoisotopic (exact) mass is 869 g/mol. The molecule has 2 heterocycles. The van der Waals surface area contributed by atoms with Gasteiger partial charge in [0.05, 0.1) is 5.69 Å². The number of para-hydroxylation sites is 3. The number of benzene rings is 6. The molecule has 8 aromatic rings. The third kappa shape index (κ3) is 6.63. The van der Waals surface area contributed by atoms with Crippen LogP contribution in [-0.2, 0) is 21.1 Å². The van der Waals surface area contributed by atoms with E-state index in [1.807, 2.05) is 26.0 Å². The smallest absolute Gasteiger partial charge is 0.269 e. The van der Waals surface area contributed by atoms with E-state index in [1.54, 1.807) is 0 Å². The summed E-state index contributed by atoms with van der Waals surface area (Å²) < 4.78 is 2.26.